The molecule has 0 aromatic heterocycles. The van der Waals surface area contributed by atoms with Crippen molar-refractivity contribution < 1.29 is 14.6 Å². The molecule has 6 nitrogen and oxygen atoms in total. The van der Waals surface area contributed by atoms with E-state index in [1.54, 1.807) is 7.11 Å². The Kier molecular flexibility index (Phi) is 7.35. The summed E-state index contributed by atoms with van der Waals surface area (Å²) in [5.41, 5.74) is 1.14. The molecule has 2 heterocycles. The molecule has 2 saturated heterocycles. The summed E-state index contributed by atoms with van der Waals surface area (Å²) in [5, 5.41) is 10.6. The summed E-state index contributed by atoms with van der Waals surface area (Å²) >= 11 is 0. The van der Waals surface area contributed by atoms with Crippen molar-refractivity contribution in [2.45, 2.75) is 38.5 Å². The van der Waals surface area contributed by atoms with E-state index in [0.29, 0.717) is 13.2 Å². The Morgan fingerprint density at radius 3 is 2.63 bits per heavy atom. The Balaban J connectivity index is 1.65. The van der Waals surface area contributed by atoms with Crippen LogP contribution in [0.5, 0.6) is 11.5 Å². The molecule has 0 amide bonds. The van der Waals surface area contributed by atoms with Gasteiger partial charge in [0.1, 0.15) is 0 Å². The first-order valence-electron chi connectivity index (χ1n) is 10.2. The van der Waals surface area contributed by atoms with Crippen LogP contribution in [0.3, 0.4) is 0 Å². The minimum Gasteiger partial charge on any atom is -0.493 e. The van der Waals surface area contributed by atoms with Crippen LogP contribution in [-0.4, -0.2) is 92.0 Å². The molecule has 0 saturated carbocycles. The molecular weight excluding hydrogens is 342 g/mol. The molecule has 1 aromatic carbocycles. The highest BCUT2D eigenvalue weighted by atomic mass is 16.5. The highest BCUT2D eigenvalue weighted by molar-refractivity contribution is 5.46. The number of nitrogens with zero attached hydrogens (tertiary/aromatic N) is 3. The number of methoxy groups -OCH3 is 1. The summed E-state index contributed by atoms with van der Waals surface area (Å²) in [5.74, 6) is 1.64. The van der Waals surface area contributed by atoms with Gasteiger partial charge in [-0.2, -0.15) is 0 Å². The number of para-hydroxylation sites is 1. The monoisotopic (exact) mass is 377 g/mol. The fraction of sp³-hybridized carbons (Fsp3) is 0.714. The van der Waals surface area contributed by atoms with Gasteiger partial charge >= 0.3 is 0 Å². The number of likely N-dealkylation sites (tertiary alicyclic amines) is 1. The molecule has 2 fully saturated rings. The Bertz CT molecular complexity index is 590. The number of aliphatic hydroxyl groups excluding tert-OH is 1. The summed E-state index contributed by atoms with van der Waals surface area (Å²) in [7, 11) is 3.85. The molecule has 2 aliphatic heterocycles. The smallest absolute Gasteiger partial charge is 0.165 e. The van der Waals surface area contributed by atoms with Gasteiger partial charge in [-0.25, -0.2) is 0 Å². The van der Waals surface area contributed by atoms with Crippen LogP contribution in [0.1, 0.15) is 25.3 Å². The first-order valence-corrected chi connectivity index (χ1v) is 10.2. The standard InChI is InChI=1S/C21H35N3O3/c1-4-5-13-27-21-17(7-6-8-20(21)26-3)14-23-15-18(19(25)16-23)24-11-9-22(2)10-12-24/h6-8,18-19,25H,4-5,9-16H2,1-3H3/t18-,19-/m1/s1. The molecule has 0 aliphatic carbocycles. The SMILES string of the molecule is CCCCOc1c(CN2C[C@@H](O)[C@H](N3CCN(C)CC3)C2)cccc1OC. The number of rotatable bonds is 8. The summed E-state index contributed by atoms with van der Waals surface area (Å²) in [6.45, 7) is 9.49. The molecule has 0 unspecified atom stereocenters. The van der Waals surface area contributed by atoms with Crippen molar-refractivity contribution in [2.24, 2.45) is 0 Å². The lowest BCUT2D eigenvalue weighted by atomic mass is 10.1. The molecule has 6 heteroatoms. The van der Waals surface area contributed by atoms with Gasteiger partial charge in [-0.05, 0) is 19.5 Å². The van der Waals surface area contributed by atoms with Gasteiger partial charge < -0.3 is 19.5 Å². The van der Waals surface area contributed by atoms with Crippen LogP contribution in [0.2, 0.25) is 0 Å². The van der Waals surface area contributed by atoms with Crippen LogP contribution in [0.15, 0.2) is 18.2 Å². The fourth-order valence-corrected chi connectivity index (χ4v) is 4.06. The van der Waals surface area contributed by atoms with Crippen LogP contribution in [-0.2, 0) is 6.54 Å². The molecule has 27 heavy (non-hydrogen) atoms. The number of hydrogen-bond acceptors (Lipinski definition) is 6. The van der Waals surface area contributed by atoms with Gasteiger partial charge in [-0.1, -0.05) is 25.5 Å². The number of unbranched alkanes of at least 4 members (excludes halogenated alkanes) is 1. The number of aliphatic hydroxyl groups is 1. The lowest BCUT2D eigenvalue weighted by molar-refractivity contribution is 0.0512. The Labute approximate surface area is 163 Å². The van der Waals surface area contributed by atoms with Crippen LogP contribution < -0.4 is 9.47 Å². The van der Waals surface area contributed by atoms with Gasteiger partial charge in [-0.15, -0.1) is 0 Å². The fourth-order valence-electron chi connectivity index (χ4n) is 4.06. The number of piperazine rings is 1. The Morgan fingerprint density at radius 2 is 1.93 bits per heavy atom. The van der Waals surface area contributed by atoms with Gasteiger partial charge in [0.2, 0.25) is 0 Å². The van der Waals surface area contributed by atoms with E-state index in [2.05, 4.69) is 34.7 Å². The van der Waals surface area contributed by atoms with Crippen LogP contribution >= 0.6 is 0 Å². The lowest BCUT2D eigenvalue weighted by Gasteiger charge is -2.37. The largest absolute Gasteiger partial charge is 0.493 e. The Hall–Kier alpha value is -1.34. The third kappa shape index (κ3) is 5.13. The second kappa shape index (κ2) is 9.73. The number of likely N-dealkylation sites (N-methyl/N-ethyl adjacent to an activating group) is 1. The lowest BCUT2D eigenvalue weighted by Crippen LogP contribution is -2.52. The zero-order valence-corrected chi connectivity index (χ0v) is 17.1. The maximum absolute atomic E-state index is 10.6. The maximum atomic E-state index is 10.6. The first-order chi connectivity index (χ1) is 13.1. The van der Waals surface area contributed by atoms with Crippen LogP contribution in [0.4, 0.5) is 0 Å². The molecule has 0 radical (unpaired) electrons. The molecule has 0 spiro atoms. The summed E-state index contributed by atoms with van der Waals surface area (Å²) < 4.78 is 11.6. The van der Waals surface area contributed by atoms with Crippen molar-refractivity contribution in [1.29, 1.82) is 0 Å². The van der Waals surface area contributed by atoms with E-state index in [0.717, 1.165) is 69.2 Å². The molecular formula is C21H35N3O3. The van der Waals surface area contributed by atoms with Gasteiger partial charge in [-0.3, -0.25) is 9.80 Å². The number of ether oxygens (including phenoxy) is 2. The van der Waals surface area contributed by atoms with Gasteiger partial charge in [0.15, 0.2) is 11.5 Å². The van der Waals surface area contributed by atoms with E-state index < -0.39 is 0 Å². The van der Waals surface area contributed by atoms with Crippen molar-refractivity contribution in [1.82, 2.24) is 14.7 Å². The Morgan fingerprint density at radius 1 is 1.15 bits per heavy atom. The van der Waals surface area contributed by atoms with E-state index in [-0.39, 0.29) is 12.1 Å². The summed E-state index contributed by atoms with van der Waals surface area (Å²) in [6.07, 6.45) is 1.85. The van der Waals surface area contributed by atoms with E-state index in [9.17, 15) is 5.11 Å². The molecule has 152 valence electrons. The number of benzene rings is 1. The zero-order valence-electron chi connectivity index (χ0n) is 17.1. The highest BCUT2D eigenvalue weighted by Crippen LogP contribution is 2.33. The highest BCUT2D eigenvalue weighted by Gasteiger charge is 2.36. The summed E-state index contributed by atoms with van der Waals surface area (Å²) in [6, 6.07) is 6.31. The molecule has 2 atom stereocenters. The normalized spacial score (nSPS) is 25.0. The third-order valence-corrected chi connectivity index (χ3v) is 5.76. The van der Waals surface area contributed by atoms with Crippen molar-refractivity contribution >= 4 is 0 Å². The van der Waals surface area contributed by atoms with E-state index in [1.807, 2.05) is 12.1 Å². The van der Waals surface area contributed by atoms with Crippen molar-refractivity contribution in [3.05, 3.63) is 23.8 Å². The van der Waals surface area contributed by atoms with Gasteiger partial charge in [0.25, 0.3) is 0 Å². The molecule has 1 aromatic rings. The molecule has 2 aliphatic rings. The van der Waals surface area contributed by atoms with Crippen LogP contribution in [0.25, 0.3) is 0 Å². The maximum Gasteiger partial charge on any atom is 0.165 e. The van der Waals surface area contributed by atoms with Gasteiger partial charge in [0, 0.05) is 57.4 Å². The van der Waals surface area contributed by atoms with E-state index in [4.69, 9.17) is 9.47 Å². The van der Waals surface area contributed by atoms with E-state index >= 15 is 0 Å². The number of β-amino-alcohol motifs (C(OH)–C–C–N with tert-alkyl or cyclic N) is 1. The van der Waals surface area contributed by atoms with Gasteiger partial charge in [0.05, 0.1) is 19.8 Å². The first kappa shape index (κ1) is 20.4. The zero-order chi connectivity index (χ0) is 19.2. The molecule has 0 bridgehead atoms. The quantitative estimate of drug-likeness (QED) is 0.696. The predicted octanol–water partition coefficient (Wildman–Crippen LogP) is 1.67. The van der Waals surface area contributed by atoms with Crippen molar-refractivity contribution in [2.75, 3.05) is 60.0 Å². The predicted molar refractivity (Wildman–Crippen MR) is 108 cm³/mol. The molecule has 1 N–H and O–H groups in total. The third-order valence-electron chi connectivity index (χ3n) is 5.76. The summed E-state index contributed by atoms with van der Waals surface area (Å²) in [4.78, 5) is 7.15. The topological polar surface area (TPSA) is 48.4 Å². The minimum atomic E-state index is -0.288. The number of hydrogen-bond donors (Lipinski definition) is 1. The van der Waals surface area contributed by atoms with Crippen LogP contribution in [0, 0.1) is 0 Å². The molecule has 3 rings (SSSR count). The van der Waals surface area contributed by atoms with E-state index in [1.165, 1.54) is 0 Å². The minimum absolute atomic E-state index is 0.230. The average molecular weight is 378 g/mol. The van der Waals surface area contributed by atoms with Crippen molar-refractivity contribution in [3.63, 3.8) is 0 Å². The average Bonchev–Trinajstić information content (AvgIpc) is 3.03. The second-order valence-corrected chi connectivity index (χ2v) is 7.82. The van der Waals surface area contributed by atoms with Crippen molar-refractivity contribution in [3.8, 4) is 11.5 Å². The second-order valence-electron chi connectivity index (χ2n) is 7.82.